The quantitative estimate of drug-likeness (QED) is 0.326. The third kappa shape index (κ3) is 5.76. The molecule has 0 saturated carbocycles. The van der Waals surface area contributed by atoms with Crippen LogP contribution < -0.4 is 10.7 Å². The van der Waals surface area contributed by atoms with Gasteiger partial charge in [-0.2, -0.15) is 5.10 Å². The monoisotopic (exact) mass is 499 g/mol. The molecule has 1 saturated heterocycles. The minimum absolute atomic E-state index is 0.0783. The van der Waals surface area contributed by atoms with E-state index < -0.39 is 0 Å². The van der Waals surface area contributed by atoms with Crippen molar-refractivity contribution < 1.29 is 14.3 Å². The van der Waals surface area contributed by atoms with E-state index in [1.54, 1.807) is 42.4 Å². The number of nitrogens with one attached hydrogen (secondary N) is 3. The maximum absolute atomic E-state index is 13.2. The highest BCUT2D eigenvalue weighted by atomic mass is 16.5. The van der Waals surface area contributed by atoms with Crippen LogP contribution in [0.3, 0.4) is 0 Å². The van der Waals surface area contributed by atoms with Crippen LogP contribution in [-0.4, -0.2) is 62.9 Å². The number of aromatic nitrogens is 4. The van der Waals surface area contributed by atoms with E-state index in [1.165, 1.54) is 0 Å². The van der Waals surface area contributed by atoms with Crippen molar-refractivity contribution in [1.29, 1.82) is 0 Å². The molecule has 2 amide bonds. The van der Waals surface area contributed by atoms with Gasteiger partial charge in [0.05, 0.1) is 31.0 Å². The number of hydrazine groups is 1. The van der Waals surface area contributed by atoms with Gasteiger partial charge in [0.1, 0.15) is 0 Å². The Morgan fingerprint density at radius 3 is 2.78 bits per heavy atom. The summed E-state index contributed by atoms with van der Waals surface area (Å²) in [6, 6.07) is 17.0. The molecule has 0 radical (unpaired) electrons. The largest absolute Gasteiger partial charge is 0.383 e. The molecule has 1 aliphatic heterocycles. The molecule has 3 N–H and O–H groups in total. The molecule has 2 aromatic heterocycles. The van der Waals surface area contributed by atoms with Gasteiger partial charge in [-0.3, -0.25) is 30.0 Å². The maximum atomic E-state index is 13.2. The molecule has 10 nitrogen and oxygen atoms in total. The topological polar surface area (TPSA) is 117 Å². The number of anilines is 1. The van der Waals surface area contributed by atoms with Gasteiger partial charge >= 0.3 is 0 Å². The summed E-state index contributed by atoms with van der Waals surface area (Å²) in [5, 5.41) is 11.6. The second-order valence-corrected chi connectivity index (χ2v) is 8.94. The third-order valence-electron chi connectivity index (χ3n) is 6.32. The van der Waals surface area contributed by atoms with Gasteiger partial charge in [-0.1, -0.05) is 30.3 Å². The van der Waals surface area contributed by atoms with E-state index in [9.17, 15) is 9.59 Å². The van der Waals surface area contributed by atoms with E-state index in [-0.39, 0.29) is 24.3 Å². The zero-order chi connectivity index (χ0) is 25.6. The molecule has 0 bridgehead atoms. The Morgan fingerprint density at radius 1 is 1.14 bits per heavy atom. The molecule has 190 valence electrons. The molecule has 0 spiro atoms. The first-order chi connectivity index (χ1) is 18.1. The number of benzene rings is 2. The van der Waals surface area contributed by atoms with Crippen molar-refractivity contribution in [3.05, 3.63) is 84.4 Å². The van der Waals surface area contributed by atoms with E-state index >= 15 is 0 Å². The van der Waals surface area contributed by atoms with Crippen LogP contribution in [0.15, 0.2) is 73.2 Å². The molecule has 1 fully saturated rings. The van der Waals surface area contributed by atoms with Crippen LogP contribution in [0.5, 0.6) is 0 Å². The van der Waals surface area contributed by atoms with Gasteiger partial charge in [0, 0.05) is 42.9 Å². The summed E-state index contributed by atoms with van der Waals surface area (Å²) < 4.78 is 7.05. The van der Waals surface area contributed by atoms with Gasteiger partial charge in [-0.25, -0.2) is 9.99 Å². The summed E-state index contributed by atoms with van der Waals surface area (Å²) in [6.45, 7) is 1.36. The molecule has 37 heavy (non-hydrogen) atoms. The number of hydrogen-bond donors (Lipinski definition) is 3. The van der Waals surface area contributed by atoms with Crippen LogP contribution in [0.2, 0.25) is 0 Å². The lowest BCUT2D eigenvalue weighted by Gasteiger charge is -2.24. The standard InChI is InChI=1S/C27H29N7O3/c1-37-18-24-11-6-12-34(24)32-25(35)14-22-17-33(23-9-3-2-4-10-23)27(30-22)31-26(36)20-8-5-7-19(13-20)21-15-28-29-16-21/h2-5,7-10,13,15-17,24H,6,11-12,14,18H2,1H3,(H,28,29)(H,32,35)(H,30,31,36)/t24-/m0/s1. The fraction of sp³-hybridized carbons (Fsp3) is 0.259. The van der Waals surface area contributed by atoms with Crippen molar-refractivity contribution in [1.82, 2.24) is 30.2 Å². The lowest BCUT2D eigenvalue weighted by atomic mass is 10.1. The summed E-state index contributed by atoms with van der Waals surface area (Å²) >= 11 is 0. The van der Waals surface area contributed by atoms with Crippen molar-refractivity contribution in [3.8, 4) is 16.8 Å². The minimum Gasteiger partial charge on any atom is -0.383 e. The fourth-order valence-corrected chi connectivity index (χ4v) is 4.52. The average molecular weight is 500 g/mol. The molecular formula is C27H29N7O3. The lowest BCUT2D eigenvalue weighted by Crippen LogP contribution is -2.47. The van der Waals surface area contributed by atoms with Gasteiger partial charge < -0.3 is 4.74 Å². The first-order valence-corrected chi connectivity index (χ1v) is 12.2. The van der Waals surface area contributed by atoms with Crippen molar-refractivity contribution in [2.75, 3.05) is 25.6 Å². The average Bonchev–Trinajstić information content (AvgIpc) is 3.67. The van der Waals surface area contributed by atoms with Crippen molar-refractivity contribution in [2.45, 2.75) is 25.3 Å². The number of nitrogens with zero attached hydrogens (tertiary/aromatic N) is 4. The second kappa shape index (κ2) is 11.2. The summed E-state index contributed by atoms with van der Waals surface area (Å²) in [5.41, 5.74) is 6.60. The summed E-state index contributed by atoms with van der Waals surface area (Å²) in [5.74, 6) is -0.124. The Bertz CT molecular complexity index is 1350. The molecule has 0 aliphatic carbocycles. The van der Waals surface area contributed by atoms with Gasteiger partial charge in [0.25, 0.3) is 5.91 Å². The van der Waals surface area contributed by atoms with E-state index in [0.717, 1.165) is 36.2 Å². The molecule has 0 unspecified atom stereocenters. The molecule has 1 atom stereocenters. The summed E-state index contributed by atoms with van der Waals surface area (Å²) in [6.07, 6.45) is 7.33. The van der Waals surface area contributed by atoms with Crippen molar-refractivity contribution in [2.24, 2.45) is 0 Å². The van der Waals surface area contributed by atoms with E-state index in [0.29, 0.717) is 23.8 Å². The molecular weight excluding hydrogens is 470 g/mol. The number of para-hydroxylation sites is 1. The fourth-order valence-electron chi connectivity index (χ4n) is 4.52. The van der Waals surface area contributed by atoms with Crippen LogP contribution in [0.1, 0.15) is 28.9 Å². The maximum Gasteiger partial charge on any atom is 0.258 e. The Balaban J connectivity index is 1.35. The first kappa shape index (κ1) is 24.4. The normalized spacial score (nSPS) is 15.5. The lowest BCUT2D eigenvalue weighted by molar-refractivity contribution is -0.126. The highest BCUT2D eigenvalue weighted by Crippen LogP contribution is 2.22. The van der Waals surface area contributed by atoms with Crippen LogP contribution in [-0.2, 0) is 16.0 Å². The first-order valence-electron chi connectivity index (χ1n) is 12.2. The molecule has 5 rings (SSSR count). The molecule has 2 aromatic carbocycles. The number of rotatable bonds is 9. The SMILES string of the molecule is COC[C@@H]1CCCN1NC(=O)Cc1cn(-c2ccccc2)c(NC(=O)c2cccc(-c3cn[nH]c3)c2)n1. The number of amides is 2. The Hall–Kier alpha value is -4.28. The predicted octanol–water partition coefficient (Wildman–Crippen LogP) is 3.20. The number of aromatic amines is 1. The van der Waals surface area contributed by atoms with Gasteiger partial charge in [0.2, 0.25) is 11.9 Å². The van der Waals surface area contributed by atoms with Crippen LogP contribution >= 0.6 is 0 Å². The third-order valence-corrected chi connectivity index (χ3v) is 6.32. The smallest absolute Gasteiger partial charge is 0.258 e. The molecule has 10 heteroatoms. The summed E-state index contributed by atoms with van der Waals surface area (Å²) in [4.78, 5) is 30.6. The minimum atomic E-state index is -0.302. The predicted molar refractivity (Wildman–Crippen MR) is 139 cm³/mol. The zero-order valence-electron chi connectivity index (χ0n) is 20.6. The highest BCUT2D eigenvalue weighted by Gasteiger charge is 2.26. The number of ether oxygens (including phenoxy) is 1. The Morgan fingerprint density at radius 2 is 2.00 bits per heavy atom. The highest BCUT2D eigenvalue weighted by molar-refractivity contribution is 6.04. The van der Waals surface area contributed by atoms with Gasteiger partial charge in [0.15, 0.2) is 0 Å². The number of methoxy groups -OCH3 is 1. The van der Waals surface area contributed by atoms with Crippen molar-refractivity contribution in [3.63, 3.8) is 0 Å². The van der Waals surface area contributed by atoms with Gasteiger partial charge in [-0.05, 0) is 42.7 Å². The molecule has 1 aliphatic rings. The number of H-pyrrole nitrogens is 1. The number of carbonyl (C=O) groups is 2. The van der Waals surface area contributed by atoms with E-state index in [2.05, 4.69) is 25.9 Å². The van der Waals surface area contributed by atoms with E-state index in [4.69, 9.17) is 4.74 Å². The summed E-state index contributed by atoms with van der Waals surface area (Å²) in [7, 11) is 1.66. The second-order valence-electron chi connectivity index (χ2n) is 8.94. The molecule has 4 aromatic rings. The molecule has 3 heterocycles. The number of carbonyl (C=O) groups excluding carboxylic acids is 2. The van der Waals surface area contributed by atoms with Gasteiger partial charge in [-0.15, -0.1) is 0 Å². The van der Waals surface area contributed by atoms with E-state index in [1.807, 2.05) is 47.5 Å². The Kier molecular flexibility index (Phi) is 7.38. The Labute approximate surface area is 214 Å². The van der Waals surface area contributed by atoms with Crippen LogP contribution in [0.25, 0.3) is 16.8 Å². The zero-order valence-corrected chi connectivity index (χ0v) is 20.6. The number of imidazole rings is 1. The number of hydrogen-bond acceptors (Lipinski definition) is 6. The van der Waals surface area contributed by atoms with Crippen LogP contribution in [0, 0.1) is 0 Å². The van der Waals surface area contributed by atoms with Crippen molar-refractivity contribution >= 4 is 17.8 Å². The van der Waals surface area contributed by atoms with Crippen LogP contribution in [0.4, 0.5) is 5.95 Å².